The first kappa shape index (κ1) is 14.1. The molecule has 0 aliphatic rings. The van der Waals surface area contributed by atoms with Crippen LogP contribution in [0.3, 0.4) is 0 Å². The summed E-state index contributed by atoms with van der Waals surface area (Å²) in [4.78, 5) is 0. The molecule has 0 amide bonds. The molecule has 2 aromatic carbocycles. The molecule has 108 valence electrons. The highest BCUT2D eigenvalue weighted by Gasteiger charge is 2.17. The van der Waals surface area contributed by atoms with E-state index in [1.807, 2.05) is 55.5 Å². The maximum Gasteiger partial charge on any atom is 0.137 e. The Balaban J connectivity index is 1.95. The fourth-order valence-corrected chi connectivity index (χ4v) is 2.74. The van der Waals surface area contributed by atoms with Gasteiger partial charge in [-0.3, -0.25) is 5.84 Å². The van der Waals surface area contributed by atoms with Crippen molar-refractivity contribution in [3.8, 4) is 0 Å². The minimum absolute atomic E-state index is 0.114. The van der Waals surface area contributed by atoms with Crippen LogP contribution in [0.4, 0.5) is 0 Å². The maximum atomic E-state index is 6.22. The Hall–Kier alpha value is -1.81. The van der Waals surface area contributed by atoms with Gasteiger partial charge in [0, 0.05) is 10.4 Å². The summed E-state index contributed by atoms with van der Waals surface area (Å²) >= 11 is 6.22. The number of rotatable bonds is 4. The number of benzene rings is 2. The van der Waals surface area contributed by atoms with Crippen LogP contribution in [0.2, 0.25) is 5.02 Å². The zero-order chi connectivity index (χ0) is 14.8. The molecule has 0 saturated carbocycles. The first-order valence-electron chi connectivity index (χ1n) is 6.87. The molecule has 3 N–H and O–H groups in total. The van der Waals surface area contributed by atoms with Gasteiger partial charge in [0.2, 0.25) is 0 Å². The summed E-state index contributed by atoms with van der Waals surface area (Å²) in [6, 6.07) is 15.8. The molecule has 0 aliphatic heterocycles. The Labute approximate surface area is 128 Å². The number of nitrogens with one attached hydrogen (secondary N) is 1. The largest absolute Gasteiger partial charge is 0.459 e. The lowest BCUT2D eigenvalue weighted by Gasteiger charge is -2.14. The number of hydrogen-bond acceptors (Lipinski definition) is 3. The van der Waals surface area contributed by atoms with E-state index in [1.54, 1.807) is 0 Å². The van der Waals surface area contributed by atoms with Crippen LogP contribution in [0.25, 0.3) is 11.0 Å². The summed E-state index contributed by atoms with van der Waals surface area (Å²) in [7, 11) is 0. The Bertz CT molecular complexity index is 766. The van der Waals surface area contributed by atoms with Crippen molar-refractivity contribution in [2.24, 2.45) is 5.84 Å². The lowest BCUT2D eigenvalue weighted by atomic mass is 10.0. The Morgan fingerprint density at radius 2 is 2.00 bits per heavy atom. The Morgan fingerprint density at radius 1 is 1.19 bits per heavy atom. The van der Waals surface area contributed by atoms with Crippen molar-refractivity contribution in [3.63, 3.8) is 0 Å². The molecule has 1 atom stereocenters. The molecule has 0 bridgehead atoms. The third kappa shape index (κ3) is 2.81. The van der Waals surface area contributed by atoms with Crippen LogP contribution < -0.4 is 11.3 Å². The summed E-state index contributed by atoms with van der Waals surface area (Å²) in [5.74, 6) is 6.53. The molecule has 1 heterocycles. The molecule has 0 radical (unpaired) electrons. The smallest absolute Gasteiger partial charge is 0.137 e. The van der Waals surface area contributed by atoms with Crippen molar-refractivity contribution in [2.45, 2.75) is 19.4 Å². The van der Waals surface area contributed by atoms with Gasteiger partial charge in [0.1, 0.15) is 11.3 Å². The van der Waals surface area contributed by atoms with Gasteiger partial charge in [0.15, 0.2) is 0 Å². The van der Waals surface area contributed by atoms with Crippen LogP contribution in [0.1, 0.15) is 22.9 Å². The second kappa shape index (κ2) is 5.90. The van der Waals surface area contributed by atoms with Crippen LogP contribution >= 0.6 is 11.6 Å². The molecular weight excluding hydrogens is 284 g/mol. The highest BCUT2D eigenvalue weighted by molar-refractivity contribution is 6.31. The number of nitrogens with two attached hydrogens (primary N) is 1. The molecule has 0 saturated heterocycles. The Morgan fingerprint density at radius 3 is 2.71 bits per heavy atom. The molecule has 1 aromatic heterocycles. The first-order valence-corrected chi connectivity index (χ1v) is 7.25. The fraction of sp³-hybridized carbons (Fsp3) is 0.176. The Kier molecular flexibility index (Phi) is 3.97. The van der Waals surface area contributed by atoms with Crippen molar-refractivity contribution in [3.05, 3.63) is 70.4 Å². The maximum absolute atomic E-state index is 6.22. The van der Waals surface area contributed by atoms with Gasteiger partial charge >= 0.3 is 0 Å². The lowest BCUT2D eigenvalue weighted by molar-refractivity contribution is 0.434. The molecule has 3 rings (SSSR count). The summed E-state index contributed by atoms with van der Waals surface area (Å²) < 4.78 is 5.98. The normalized spacial score (nSPS) is 12.7. The molecular formula is C17H17ClN2O. The van der Waals surface area contributed by atoms with Crippen molar-refractivity contribution in [1.82, 2.24) is 5.43 Å². The molecule has 4 heteroatoms. The quantitative estimate of drug-likeness (QED) is 0.562. The SMILES string of the molecule is Cc1cccc2cc(C(Cc3ccccc3Cl)NN)oc12. The number of halogens is 1. The van der Waals surface area contributed by atoms with Crippen LogP contribution in [0.5, 0.6) is 0 Å². The van der Waals surface area contributed by atoms with Crippen molar-refractivity contribution in [2.75, 3.05) is 0 Å². The second-order valence-electron chi connectivity index (χ2n) is 5.16. The van der Waals surface area contributed by atoms with E-state index in [0.717, 1.165) is 32.9 Å². The molecule has 0 fully saturated rings. The minimum Gasteiger partial charge on any atom is -0.459 e. The predicted octanol–water partition coefficient (Wildman–Crippen LogP) is 4.14. The molecule has 21 heavy (non-hydrogen) atoms. The number of hydrazine groups is 1. The highest BCUT2D eigenvalue weighted by atomic mass is 35.5. The van der Waals surface area contributed by atoms with Gasteiger partial charge in [-0.25, -0.2) is 5.43 Å². The molecule has 3 nitrogen and oxygen atoms in total. The van der Waals surface area contributed by atoms with Gasteiger partial charge in [0.25, 0.3) is 0 Å². The number of furan rings is 1. The van der Waals surface area contributed by atoms with Gasteiger partial charge in [-0.1, -0.05) is 48.0 Å². The molecule has 0 aliphatic carbocycles. The van der Waals surface area contributed by atoms with Crippen molar-refractivity contribution in [1.29, 1.82) is 0 Å². The lowest BCUT2D eigenvalue weighted by Crippen LogP contribution is -2.29. The van der Waals surface area contributed by atoms with E-state index in [9.17, 15) is 0 Å². The van der Waals surface area contributed by atoms with E-state index in [4.69, 9.17) is 21.9 Å². The fourth-order valence-electron chi connectivity index (χ4n) is 2.53. The third-order valence-electron chi connectivity index (χ3n) is 3.69. The first-order chi connectivity index (χ1) is 10.2. The van der Waals surface area contributed by atoms with Crippen molar-refractivity contribution >= 4 is 22.6 Å². The van der Waals surface area contributed by atoms with Crippen LogP contribution in [0, 0.1) is 6.92 Å². The average Bonchev–Trinajstić information content (AvgIpc) is 2.92. The van der Waals surface area contributed by atoms with Gasteiger partial charge in [-0.15, -0.1) is 0 Å². The summed E-state index contributed by atoms with van der Waals surface area (Å²) in [5.41, 5.74) is 5.89. The standard InChI is InChI=1S/C17H17ClN2O/c1-11-5-4-7-13-10-16(21-17(11)13)15(20-19)9-12-6-2-3-8-14(12)18/h2-8,10,15,20H,9,19H2,1H3. The molecule has 0 spiro atoms. The monoisotopic (exact) mass is 300 g/mol. The van der Waals surface area contributed by atoms with E-state index in [2.05, 4.69) is 5.43 Å². The van der Waals surface area contributed by atoms with E-state index in [0.29, 0.717) is 6.42 Å². The van der Waals surface area contributed by atoms with E-state index in [1.165, 1.54) is 0 Å². The summed E-state index contributed by atoms with van der Waals surface area (Å²) in [5, 5.41) is 1.83. The summed E-state index contributed by atoms with van der Waals surface area (Å²) in [6.07, 6.45) is 0.676. The molecule has 3 aromatic rings. The highest BCUT2D eigenvalue weighted by Crippen LogP contribution is 2.29. The number of fused-ring (bicyclic) bond motifs is 1. The molecule has 1 unspecified atom stereocenters. The van der Waals surface area contributed by atoms with Crippen LogP contribution in [0.15, 0.2) is 52.9 Å². The van der Waals surface area contributed by atoms with E-state index >= 15 is 0 Å². The zero-order valence-corrected chi connectivity index (χ0v) is 12.5. The zero-order valence-electron chi connectivity index (χ0n) is 11.8. The van der Waals surface area contributed by atoms with Crippen molar-refractivity contribution < 1.29 is 4.42 Å². The number of aryl methyl sites for hydroxylation is 1. The number of hydrogen-bond donors (Lipinski definition) is 2. The van der Waals surface area contributed by atoms with E-state index in [-0.39, 0.29) is 6.04 Å². The topological polar surface area (TPSA) is 51.2 Å². The number of para-hydroxylation sites is 1. The van der Waals surface area contributed by atoms with Gasteiger partial charge in [0.05, 0.1) is 6.04 Å². The average molecular weight is 301 g/mol. The minimum atomic E-state index is -0.114. The summed E-state index contributed by atoms with van der Waals surface area (Å²) in [6.45, 7) is 2.04. The second-order valence-corrected chi connectivity index (χ2v) is 5.56. The van der Waals surface area contributed by atoms with Gasteiger partial charge in [-0.2, -0.15) is 0 Å². The van der Waals surface area contributed by atoms with Gasteiger partial charge < -0.3 is 4.42 Å². The third-order valence-corrected chi connectivity index (χ3v) is 4.06. The predicted molar refractivity (Wildman–Crippen MR) is 86.2 cm³/mol. The van der Waals surface area contributed by atoms with E-state index < -0.39 is 0 Å². The van der Waals surface area contributed by atoms with Gasteiger partial charge in [-0.05, 0) is 36.6 Å². The van der Waals surface area contributed by atoms with Crippen LogP contribution in [-0.2, 0) is 6.42 Å². The van der Waals surface area contributed by atoms with Crippen LogP contribution in [-0.4, -0.2) is 0 Å².